The Balaban J connectivity index is 2.40. The number of hydrogen-bond acceptors (Lipinski definition) is 7. The van der Waals surface area contributed by atoms with Gasteiger partial charge in [-0.2, -0.15) is 0 Å². The first kappa shape index (κ1) is 14.5. The molecule has 2 rings (SSSR count). The highest BCUT2D eigenvalue weighted by atomic mass is 16.6. The van der Waals surface area contributed by atoms with Crippen LogP contribution in [0.25, 0.3) is 5.69 Å². The molecule has 0 spiro atoms. The van der Waals surface area contributed by atoms with E-state index in [-0.39, 0.29) is 17.1 Å². The number of nitro groups is 2. The number of benzene rings is 1. The summed E-state index contributed by atoms with van der Waals surface area (Å²) < 4.78 is 1.27. The number of nitrogens with two attached hydrogens (primary N) is 1. The summed E-state index contributed by atoms with van der Waals surface area (Å²) in [5, 5.41) is 29.4. The molecular weight excluding hydrogens is 280 g/mol. The molecule has 1 heterocycles. The van der Waals surface area contributed by atoms with E-state index in [4.69, 9.17) is 5.73 Å². The van der Waals surface area contributed by atoms with Crippen LogP contribution in [0.4, 0.5) is 11.4 Å². The molecule has 0 unspecified atom stereocenters. The van der Waals surface area contributed by atoms with Gasteiger partial charge in [0, 0.05) is 12.1 Å². The number of nitrogens with zero attached hydrogens (tertiary/aromatic N) is 5. The van der Waals surface area contributed by atoms with Crippen molar-refractivity contribution in [3.05, 3.63) is 50.3 Å². The molecule has 0 fully saturated rings. The van der Waals surface area contributed by atoms with Crippen molar-refractivity contribution in [3.8, 4) is 5.69 Å². The molecule has 0 aliphatic rings. The maximum absolute atomic E-state index is 10.8. The highest BCUT2D eigenvalue weighted by Crippen LogP contribution is 2.24. The van der Waals surface area contributed by atoms with Gasteiger partial charge in [0.1, 0.15) is 0 Å². The molecule has 0 aliphatic carbocycles. The van der Waals surface area contributed by atoms with Gasteiger partial charge in [-0.05, 0) is 19.4 Å². The Morgan fingerprint density at radius 2 is 1.76 bits per heavy atom. The smallest absolute Gasteiger partial charge is 0.278 e. The molecule has 1 aromatic heterocycles. The Kier molecular flexibility index (Phi) is 4.18. The molecule has 10 nitrogen and oxygen atoms in total. The van der Waals surface area contributed by atoms with Gasteiger partial charge in [-0.3, -0.25) is 20.2 Å². The molecule has 110 valence electrons. The van der Waals surface area contributed by atoms with Gasteiger partial charge in [-0.25, -0.2) is 4.68 Å². The van der Waals surface area contributed by atoms with Gasteiger partial charge in [0.15, 0.2) is 0 Å². The van der Waals surface area contributed by atoms with E-state index in [1.807, 2.05) is 0 Å². The van der Waals surface area contributed by atoms with Crippen LogP contribution in [-0.2, 0) is 6.42 Å². The van der Waals surface area contributed by atoms with E-state index in [9.17, 15) is 20.2 Å². The largest absolute Gasteiger partial charge is 0.330 e. The van der Waals surface area contributed by atoms with Crippen LogP contribution in [0.5, 0.6) is 0 Å². The average molecular weight is 292 g/mol. The van der Waals surface area contributed by atoms with Crippen molar-refractivity contribution in [3.63, 3.8) is 0 Å². The summed E-state index contributed by atoms with van der Waals surface area (Å²) >= 11 is 0. The second kappa shape index (κ2) is 6.05. The molecule has 0 saturated carbocycles. The Morgan fingerprint density at radius 1 is 1.14 bits per heavy atom. The fourth-order valence-corrected chi connectivity index (χ4v) is 1.74. The molecule has 0 radical (unpaired) electrons. The fourth-order valence-electron chi connectivity index (χ4n) is 1.74. The van der Waals surface area contributed by atoms with Crippen LogP contribution in [-0.4, -0.2) is 31.4 Å². The lowest BCUT2D eigenvalue weighted by Gasteiger charge is -2.00. The van der Waals surface area contributed by atoms with E-state index < -0.39 is 9.85 Å². The number of hydrogen-bond donors (Lipinski definition) is 1. The Labute approximate surface area is 118 Å². The van der Waals surface area contributed by atoms with E-state index in [1.165, 1.54) is 16.8 Å². The number of rotatable bonds is 6. The van der Waals surface area contributed by atoms with E-state index in [1.54, 1.807) is 6.20 Å². The summed E-state index contributed by atoms with van der Waals surface area (Å²) in [5.74, 6) is 0. The first-order valence-corrected chi connectivity index (χ1v) is 6.07. The Bertz CT molecular complexity index is 651. The summed E-state index contributed by atoms with van der Waals surface area (Å²) in [7, 11) is 0. The molecule has 0 saturated heterocycles. The van der Waals surface area contributed by atoms with Gasteiger partial charge in [-0.1, -0.05) is 5.21 Å². The van der Waals surface area contributed by atoms with Gasteiger partial charge in [0.2, 0.25) is 0 Å². The molecule has 21 heavy (non-hydrogen) atoms. The average Bonchev–Trinajstić information content (AvgIpc) is 2.93. The number of non-ortho nitro benzene ring substituents is 2. The standard InChI is InChI=1S/C11H12N6O4/c12-3-1-2-8-7-15(14-13-8)9-4-10(16(18)19)6-11(5-9)17(20)21/h4-7H,1-3,12H2. The first-order chi connectivity index (χ1) is 10.0. The molecule has 0 aliphatic heterocycles. The minimum Gasteiger partial charge on any atom is -0.330 e. The molecule has 10 heteroatoms. The van der Waals surface area contributed by atoms with Crippen molar-refractivity contribution in [2.45, 2.75) is 12.8 Å². The molecule has 0 bridgehead atoms. The highest BCUT2D eigenvalue weighted by molar-refractivity contribution is 5.52. The maximum Gasteiger partial charge on any atom is 0.278 e. The van der Waals surface area contributed by atoms with E-state index in [0.29, 0.717) is 18.7 Å². The number of aryl methyl sites for hydroxylation is 1. The zero-order chi connectivity index (χ0) is 15.4. The summed E-state index contributed by atoms with van der Waals surface area (Å²) in [6, 6.07) is 3.30. The van der Waals surface area contributed by atoms with Crippen molar-refractivity contribution in [1.82, 2.24) is 15.0 Å². The topological polar surface area (TPSA) is 143 Å². The third-order valence-corrected chi connectivity index (χ3v) is 2.75. The number of aromatic nitrogens is 3. The molecular formula is C11H12N6O4. The molecule has 2 aromatic rings. The van der Waals surface area contributed by atoms with E-state index in [2.05, 4.69) is 10.3 Å². The van der Waals surface area contributed by atoms with Crippen LogP contribution in [0.15, 0.2) is 24.4 Å². The molecule has 1 aromatic carbocycles. The van der Waals surface area contributed by atoms with Gasteiger partial charge in [-0.15, -0.1) is 5.10 Å². The second-order valence-corrected chi connectivity index (χ2v) is 4.27. The quantitative estimate of drug-likeness (QED) is 0.617. The van der Waals surface area contributed by atoms with Crippen molar-refractivity contribution in [1.29, 1.82) is 0 Å². The van der Waals surface area contributed by atoms with Crippen molar-refractivity contribution >= 4 is 11.4 Å². The zero-order valence-corrected chi connectivity index (χ0v) is 10.9. The lowest BCUT2D eigenvalue weighted by molar-refractivity contribution is -0.394. The minimum absolute atomic E-state index is 0.211. The summed E-state index contributed by atoms with van der Waals surface area (Å²) in [5.41, 5.74) is 5.51. The summed E-state index contributed by atoms with van der Waals surface area (Å²) in [4.78, 5) is 20.3. The van der Waals surface area contributed by atoms with Crippen LogP contribution in [0.1, 0.15) is 12.1 Å². The number of nitro benzene ring substituents is 2. The van der Waals surface area contributed by atoms with Crippen LogP contribution in [0.2, 0.25) is 0 Å². The van der Waals surface area contributed by atoms with Crippen LogP contribution < -0.4 is 5.73 Å². The van der Waals surface area contributed by atoms with Crippen molar-refractivity contribution < 1.29 is 9.85 Å². The molecule has 0 atom stereocenters. The highest BCUT2D eigenvalue weighted by Gasteiger charge is 2.18. The molecule has 0 amide bonds. The minimum atomic E-state index is -0.692. The Morgan fingerprint density at radius 3 is 2.29 bits per heavy atom. The van der Waals surface area contributed by atoms with Gasteiger partial charge in [0.05, 0.1) is 33.5 Å². The predicted molar refractivity (Wildman–Crippen MR) is 72.0 cm³/mol. The zero-order valence-electron chi connectivity index (χ0n) is 10.9. The van der Waals surface area contributed by atoms with E-state index in [0.717, 1.165) is 12.5 Å². The van der Waals surface area contributed by atoms with Gasteiger partial charge >= 0.3 is 0 Å². The monoisotopic (exact) mass is 292 g/mol. The maximum atomic E-state index is 10.8. The fraction of sp³-hybridized carbons (Fsp3) is 0.273. The SMILES string of the molecule is NCCCc1cn(-c2cc([N+](=O)[O-])cc([N+](=O)[O-])c2)nn1. The van der Waals surface area contributed by atoms with Crippen molar-refractivity contribution in [2.75, 3.05) is 6.54 Å². The van der Waals surface area contributed by atoms with Gasteiger partial charge in [0.25, 0.3) is 11.4 Å². The van der Waals surface area contributed by atoms with E-state index >= 15 is 0 Å². The predicted octanol–water partition coefficient (Wildman–Crippen LogP) is 0.975. The third kappa shape index (κ3) is 3.36. The van der Waals surface area contributed by atoms with Crippen LogP contribution >= 0.6 is 0 Å². The molecule has 2 N–H and O–H groups in total. The van der Waals surface area contributed by atoms with Gasteiger partial charge < -0.3 is 5.73 Å². The Hall–Kier alpha value is -2.88. The van der Waals surface area contributed by atoms with Crippen molar-refractivity contribution in [2.24, 2.45) is 5.73 Å². The summed E-state index contributed by atoms with van der Waals surface area (Å²) in [6.07, 6.45) is 2.92. The lowest BCUT2D eigenvalue weighted by Crippen LogP contribution is -2.00. The lowest BCUT2D eigenvalue weighted by atomic mass is 10.2. The van der Waals surface area contributed by atoms with Crippen LogP contribution in [0.3, 0.4) is 0 Å². The normalized spacial score (nSPS) is 10.5. The first-order valence-electron chi connectivity index (χ1n) is 6.07. The second-order valence-electron chi connectivity index (χ2n) is 4.27. The van der Waals surface area contributed by atoms with Crippen LogP contribution in [0, 0.1) is 20.2 Å². The third-order valence-electron chi connectivity index (χ3n) is 2.75. The summed E-state index contributed by atoms with van der Waals surface area (Å²) in [6.45, 7) is 0.509.